The maximum atomic E-state index is 13.6. The molecule has 0 spiro atoms. The van der Waals surface area contributed by atoms with Crippen molar-refractivity contribution in [2.75, 3.05) is 5.32 Å². The van der Waals surface area contributed by atoms with Crippen LogP contribution in [0.3, 0.4) is 0 Å². The average molecular weight is 499 g/mol. The number of nitrogens with zero attached hydrogens (tertiary/aromatic N) is 1. The summed E-state index contributed by atoms with van der Waals surface area (Å²) in [6.45, 7) is 4.27. The van der Waals surface area contributed by atoms with Crippen molar-refractivity contribution in [2.45, 2.75) is 32.7 Å². The van der Waals surface area contributed by atoms with Gasteiger partial charge in [0.25, 0.3) is 5.69 Å². The molecule has 0 saturated heterocycles. The Hall–Kier alpha value is -3.90. The largest absolute Gasteiger partial charge is 0.459 e. The molecule has 1 aliphatic carbocycles. The highest BCUT2D eigenvalue weighted by Gasteiger charge is 2.41. The number of nitrogens with one attached hydrogen (secondary N) is 1. The van der Waals surface area contributed by atoms with Gasteiger partial charge in [-0.15, -0.1) is 0 Å². The minimum atomic E-state index is -0.515. The minimum absolute atomic E-state index is 0.0681. The zero-order valence-electron chi connectivity index (χ0n) is 19.8. The van der Waals surface area contributed by atoms with Gasteiger partial charge in [-0.25, -0.2) is 0 Å². The fraction of sp³-hybridized carbons (Fsp3) is 0.207. The number of Topliss-reactive ketones (excluding diaryl/α,β-unsaturated/α-hetero) is 1. The number of benzene rings is 3. The molecule has 4 aromatic rings. The molecule has 2 aliphatic rings. The molecule has 0 radical (unpaired) electrons. The van der Waals surface area contributed by atoms with Crippen LogP contribution >= 0.6 is 11.6 Å². The summed E-state index contributed by atoms with van der Waals surface area (Å²) in [7, 11) is 0. The molecule has 1 unspecified atom stereocenters. The summed E-state index contributed by atoms with van der Waals surface area (Å²) in [4.78, 5) is 24.4. The van der Waals surface area contributed by atoms with Gasteiger partial charge in [0.05, 0.1) is 4.92 Å². The summed E-state index contributed by atoms with van der Waals surface area (Å²) >= 11 is 5.98. The van der Waals surface area contributed by atoms with Gasteiger partial charge in [-0.2, -0.15) is 0 Å². The second-order valence-electron chi connectivity index (χ2n) is 10.2. The Morgan fingerprint density at radius 1 is 1.06 bits per heavy atom. The van der Waals surface area contributed by atoms with Crippen molar-refractivity contribution >= 4 is 45.1 Å². The molecule has 1 aliphatic heterocycles. The Morgan fingerprint density at radius 2 is 1.86 bits per heavy atom. The number of rotatable bonds is 3. The van der Waals surface area contributed by atoms with Crippen LogP contribution in [0.4, 0.5) is 11.4 Å². The molecule has 7 heteroatoms. The van der Waals surface area contributed by atoms with E-state index in [-0.39, 0.29) is 21.9 Å². The smallest absolute Gasteiger partial charge is 0.288 e. The van der Waals surface area contributed by atoms with Gasteiger partial charge in [-0.3, -0.25) is 14.9 Å². The Balaban J connectivity index is 1.50. The molecular weight excluding hydrogens is 476 g/mol. The number of furan rings is 1. The number of halogens is 1. The number of ketones is 1. The number of carbonyl (C=O) groups is 1. The first-order chi connectivity index (χ1) is 17.2. The summed E-state index contributed by atoms with van der Waals surface area (Å²) in [5.41, 5.74) is 4.06. The highest BCUT2D eigenvalue weighted by molar-refractivity contribution is 6.32. The first-order valence-corrected chi connectivity index (χ1v) is 12.2. The first-order valence-electron chi connectivity index (χ1n) is 11.8. The molecular formula is C29H23ClN2O4. The van der Waals surface area contributed by atoms with Gasteiger partial charge in [-0.1, -0.05) is 55.8 Å². The molecule has 0 bridgehead atoms. The quantitative estimate of drug-likeness (QED) is 0.228. The van der Waals surface area contributed by atoms with E-state index in [1.807, 2.05) is 18.2 Å². The highest BCUT2D eigenvalue weighted by atomic mass is 35.5. The lowest BCUT2D eigenvalue weighted by molar-refractivity contribution is -0.384. The summed E-state index contributed by atoms with van der Waals surface area (Å²) in [5, 5.41) is 17.2. The van der Waals surface area contributed by atoms with E-state index in [4.69, 9.17) is 16.0 Å². The van der Waals surface area contributed by atoms with Crippen molar-refractivity contribution in [3.8, 4) is 11.3 Å². The summed E-state index contributed by atoms with van der Waals surface area (Å²) in [5.74, 6) is 1.17. The molecule has 2 heterocycles. The standard InChI is InChI=1S/C29H23ClN2O4/c1-29(2)14-19-26-18-6-4-3-5-16(18)8-10-21(26)31-28(27(19)23(33)15-29)25-12-11-24(36-25)17-7-9-20(30)22(13-17)32(34)35/h3-13,28,31H,14-15H2,1-2H3. The molecule has 1 N–H and O–H groups in total. The van der Waals surface area contributed by atoms with Gasteiger partial charge in [-0.05, 0) is 58.5 Å². The Morgan fingerprint density at radius 3 is 2.67 bits per heavy atom. The van der Waals surface area contributed by atoms with Gasteiger partial charge in [0.1, 0.15) is 22.6 Å². The second kappa shape index (κ2) is 8.07. The monoisotopic (exact) mass is 498 g/mol. The fourth-order valence-electron chi connectivity index (χ4n) is 5.52. The SMILES string of the molecule is CC1(C)CC(=O)C2=C(C1)c1c(ccc3ccccc13)NC2c1ccc(-c2ccc(Cl)c([N+](=O)[O-])c2)o1. The number of carbonyl (C=O) groups excluding carboxylic acids is 1. The van der Waals surface area contributed by atoms with Crippen LogP contribution in [-0.4, -0.2) is 10.7 Å². The van der Waals surface area contributed by atoms with Crippen molar-refractivity contribution in [3.05, 3.63) is 98.8 Å². The van der Waals surface area contributed by atoms with Crippen LogP contribution in [-0.2, 0) is 4.79 Å². The highest BCUT2D eigenvalue weighted by Crippen LogP contribution is 2.52. The molecule has 0 fully saturated rings. The molecule has 1 aromatic heterocycles. The van der Waals surface area contributed by atoms with Crippen LogP contribution < -0.4 is 5.32 Å². The van der Waals surface area contributed by atoms with E-state index in [1.54, 1.807) is 12.1 Å². The molecule has 36 heavy (non-hydrogen) atoms. The molecule has 6 rings (SSSR count). The van der Waals surface area contributed by atoms with E-state index in [0.29, 0.717) is 23.5 Å². The van der Waals surface area contributed by atoms with Crippen molar-refractivity contribution in [1.82, 2.24) is 0 Å². The summed E-state index contributed by atoms with van der Waals surface area (Å²) in [6.07, 6.45) is 1.24. The van der Waals surface area contributed by atoms with Crippen LogP contribution in [0, 0.1) is 15.5 Å². The second-order valence-corrected chi connectivity index (χ2v) is 10.7. The van der Waals surface area contributed by atoms with E-state index < -0.39 is 11.0 Å². The molecule has 1 atom stereocenters. The zero-order chi connectivity index (χ0) is 25.2. The van der Waals surface area contributed by atoms with E-state index >= 15 is 0 Å². The van der Waals surface area contributed by atoms with Crippen LogP contribution in [0.15, 0.2) is 76.7 Å². The van der Waals surface area contributed by atoms with Crippen molar-refractivity contribution in [1.29, 1.82) is 0 Å². The van der Waals surface area contributed by atoms with Crippen LogP contribution in [0.25, 0.3) is 27.7 Å². The van der Waals surface area contributed by atoms with E-state index in [2.05, 4.69) is 43.4 Å². The number of hydrogen-bond donors (Lipinski definition) is 1. The lowest BCUT2D eigenvalue weighted by atomic mass is 9.68. The average Bonchev–Trinajstić information content (AvgIpc) is 3.32. The van der Waals surface area contributed by atoms with Gasteiger partial charge in [0, 0.05) is 34.9 Å². The number of nitro benzene ring substituents is 1. The third-order valence-corrected chi connectivity index (χ3v) is 7.40. The Kier molecular flexibility index (Phi) is 5.05. The molecule has 180 valence electrons. The van der Waals surface area contributed by atoms with Gasteiger partial charge >= 0.3 is 0 Å². The topological polar surface area (TPSA) is 85.4 Å². The van der Waals surface area contributed by atoms with E-state index in [9.17, 15) is 14.9 Å². The van der Waals surface area contributed by atoms with Crippen molar-refractivity contribution < 1.29 is 14.1 Å². The fourth-order valence-corrected chi connectivity index (χ4v) is 5.71. The molecule has 0 saturated carbocycles. The number of allylic oxidation sites excluding steroid dienone is 1. The van der Waals surface area contributed by atoms with Crippen LogP contribution in [0.5, 0.6) is 0 Å². The number of hydrogen-bond acceptors (Lipinski definition) is 5. The third kappa shape index (κ3) is 3.60. The van der Waals surface area contributed by atoms with Crippen molar-refractivity contribution in [2.24, 2.45) is 5.41 Å². The number of anilines is 1. The zero-order valence-corrected chi connectivity index (χ0v) is 20.6. The van der Waals surface area contributed by atoms with Crippen LogP contribution in [0.1, 0.15) is 44.1 Å². The predicted octanol–water partition coefficient (Wildman–Crippen LogP) is 7.97. The maximum Gasteiger partial charge on any atom is 0.288 e. The third-order valence-electron chi connectivity index (χ3n) is 7.08. The van der Waals surface area contributed by atoms with Gasteiger partial charge < -0.3 is 9.73 Å². The van der Waals surface area contributed by atoms with Gasteiger partial charge in [0.2, 0.25) is 0 Å². The normalized spacial score (nSPS) is 18.5. The van der Waals surface area contributed by atoms with Crippen LogP contribution in [0.2, 0.25) is 5.02 Å². The predicted molar refractivity (Wildman–Crippen MR) is 141 cm³/mol. The van der Waals surface area contributed by atoms with Gasteiger partial charge in [0.15, 0.2) is 5.78 Å². The lowest BCUT2D eigenvalue weighted by Crippen LogP contribution is -2.33. The van der Waals surface area contributed by atoms with Crippen molar-refractivity contribution in [3.63, 3.8) is 0 Å². The van der Waals surface area contributed by atoms with E-state index in [0.717, 1.165) is 39.6 Å². The maximum absolute atomic E-state index is 13.6. The number of nitro groups is 1. The summed E-state index contributed by atoms with van der Waals surface area (Å²) < 4.78 is 6.22. The minimum Gasteiger partial charge on any atom is -0.459 e. The molecule has 6 nitrogen and oxygen atoms in total. The lowest BCUT2D eigenvalue weighted by Gasteiger charge is -2.39. The first kappa shape index (κ1) is 22.6. The number of fused-ring (bicyclic) bond motifs is 4. The molecule has 3 aromatic carbocycles. The molecule has 0 amide bonds. The Labute approximate surface area is 212 Å². The van der Waals surface area contributed by atoms with E-state index in [1.165, 1.54) is 12.1 Å². The summed E-state index contributed by atoms with van der Waals surface area (Å²) in [6, 6.07) is 20.1. The Bertz CT molecular complexity index is 1610.